The zero-order chi connectivity index (χ0) is 16.9. The van der Waals surface area contributed by atoms with Crippen molar-refractivity contribution in [3.05, 3.63) is 59.7 Å². The molecule has 6 heteroatoms. The second kappa shape index (κ2) is 8.78. The van der Waals surface area contributed by atoms with Gasteiger partial charge >= 0.3 is 0 Å². The zero-order valence-corrected chi connectivity index (χ0v) is 15.8. The molecule has 0 fully saturated rings. The van der Waals surface area contributed by atoms with E-state index in [-0.39, 0.29) is 35.9 Å². The molecule has 0 amide bonds. The van der Waals surface area contributed by atoms with Crippen LogP contribution in [0, 0.1) is 0 Å². The van der Waals surface area contributed by atoms with E-state index in [1.807, 2.05) is 53.1 Å². The number of Topliss-reactive ketones (excluding diaryl/α,β-unsaturated/α-hetero) is 1. The first-order chi connectivity index (χ1) is 11.7. The number of halogens is 1. The molecule has 0 bridgehead atoms. The van der Waals surface area contributed by atoms with Gasteiger partial charge in [0.2, 0.25) is 5.95 Å². The van der Waals surface area contributed by atoms with Crippen molar-refractivity contribution < 1.29 is 9.90 Å². The van der Waals surface area contributed by atoms with Crippen molar-refractivity contribution in [2.24, 2.45) is 0 Å². The van der Waals surface area contributed by atoms with Crippen LogP contribution in [0.2, 0.25) is 0 Å². The highest BCUT2D eigenvalue weighted by Crippen LogP contribution is 2.20. The maximum Gasteiger partial charge on any atom is 0.204 e. The number of benzene rings is 2. The molecule has 0 saturated carbocycles. The van der Waals surface area contributed by atoms with E-state index in [0.29, 0.717) is 18.1 Å². The van der Waals surface area contributed by atoms with E-state index >= 15 is 0 Å². The number of aromatic nitrogens is 2. The fourth-order valence-corrected chi connectivity index (χ4v) is 2.70. The van der Waals surface area contributed by atoms with Gasteiger partial charge in [0.25, 0.3) is 0 Å². The topological polar surface area (TPSA) is 67.2 Å². The van der Waals surface area contributed by atoms with Gasteiger partial charge in [-0.05, 0) is 24.1 Å². The number of hydrogen-bond acceptors (Lipinski definition) is 4. The maximum absolute atomic E-state index is 12.7. The number of imidazole rings is 1. The lowest BCUT2D eigenvalue weighted by Crippen LogP contribution is -2.16. The summed E-state index contributed by atoms with van der Waals surface area (Å²) in [4.78, 5) is 17.2. The van der Waals surface area contributed by atoms with E-state index in [1.165, 1.54) is 5.56 Å². The number of anilines is 1. The number of nitrogens with one attached hydrogen (secondary N) is 1. The third-order valence-electron chi connectivity index (χ3n) is 4.04. The second-order valence-electron chi connectivity index (χ2n) is 5.63. The van der Waals surface area contributed by atoms with Gasteiger partial charge in [-0.3, -0.25) is 4.79 Å². The smallest absolute Gasteiger partial charge is 0.204 e. The van der Waals surface area contributed by atoms with Gasteiger partial charge in [-0.2, -0.15) is 0 Å². The molecule has 2 N–H and O–H groups in total. The van der Waals surface area contributed by atoms with Crippen LogP contribution in [0.15, 0.2) is 48.5 Å². The van der Waals surface area contributed by atoms with E-state index in [1.54, 1.807) is 0 Å². The Morgan fingerprint density at radius 1 is 1.16 bits per heavy atom. The quantitative estimate of drug-likeness (QED) is 0.592. The predicted molar refractivity (Wildman–Crippen MR) is 106 cm³/mol. The van der Waals surface area contributed by atoms with Crippen molar-refractivity contribution in [2.45, 2.75) is 19.9 Å². The molecular weight excluding hydrogens is 382 g/mol. The molecule has 0 aliphatic carbocycles. The minimum atomic E-state index is 0. The Morgan fingerprint density at radius 2 is 1.88 bits per heavy atom. The van der Waals surface area contributed by atoms with Crippen LogP contribution in [0.4, 0.5) is 5.95 Å². The number of fused-ring (bicyclic) bond motifs is 1. The standard InChI is InChI=1S/C19H21N3O2.BrH/c1-2-14-7-9-15(10-8-14)18(24)13-22-17-6-4-3-5-16(17)21-19(22)20-11-12-23;/h3-10,23H,2,11-13H2,1H3,(H,20,21);1H. The number of aliphatic hydroxyl groups is 1. The molecule has 0 radical (unpaired) electrons. The Kier molecular flexibility index (Phi) is 6.73. The third-order valence-corrected chi connectivity index (χ3v) is 4.04. The molecule has 25 heavy (non-hydrogen) atoms. The molecule has 1 aromatic heterocycles. The highest BCUT2D eigenvalue weighted by atomic mass is 79.9. The van der Waals surface area contributed by atoms with Gasteiger partial charge in [-0.1, -0.05) is 43.3 Å². The Labute approximate surface area is 157 Å². The number of rotatable bonds is 7. The van der Waals surface area contributed by atoms with Crippen LogP contribution in [0.3, 0.4) is 0 Å². The Morgan fingerprint density at radius 3 is 2.56 bits per heavy atom. The number of nitrogens with zero attached hydrogens (tertiary/aromatic N) is 2. The van der Waals surface area contributed by atoms with Crippen LogP contribution >= 0.6 is 17.0 Å². The van der Waals surface area contributed by atoms with Crippen LogP contribution in [-0.4, -0.2) is 33.6 Å². The minimum Gasteiger partial charge on any atom is -0.395 e. The lowest BCUT2D eigenvalue weighted by atomic mass is 10.1. The summed E-state index contributed by atoms with van der Waals surface area (Å²) in [5.41, 5.74) is 3.63. The molecule has 0 spiro atoms. The highest BCUT2D eigenvalue weighted by molar-refractivity contribution is 8.93. The third kappa shape index (κ3) is 4.27. The van der Waals surface area contributed by atoms with E-state index in [9.17, 15) is 4.79 Å². The summed E-state index contributed by atoms with van der Waals surface area (Å²) in [6.07, 6.45) is 0.954. The number of carbonyl (C=O) groups excluding carboxylic acids is 1. The lowest BCUT2D eigenvalue weighted by Gasteiger charge is -2.10. The first-order valence-electron chi connectivity index (χ1n) is 8.15. The SMILES string of the molecule is Br.CCc1ccc(C(=O)Cn2c(NCCO)nc3ccccc32)cc1. The first kappa shape index (κ1) is 19.1. The molecule has 132 valence electrons. The monoisotopic (exact) mass is 403 g/mol. The molecule has 0 unspecified atom stereocenters. The number of ketones is 1. The van der Waals surface area contributed by atoms with Crippen molar-refractivity contribution >= 4 is 39.7 Å². The Bertz CT molecular complexity index is 844. The molecular formula is C19H22BrN3O2. The fraction of sp³-hybridized carbons (Fsp3) is 0.263. The van der Waals surface area contributed by atoms with Crippen molar-refractivity contribution in [1.82, 2.24) is 9.55 Å². The van der Waals surface area contributed by atoms with Gasteiger partial charge in [0.05, 0.1) is 24.2 Å². The van der Waals surface area contributed by atoms with Crippen molar-refractivity contribution in [1.29, 1.82) is 0 Å². The number of aryl methyl sites for hydroxylation is 1. The molecule has 0 aliphatic rings. The summed E-state index contributed by atoms with van der Waals surface area (Å²) < 4.78 is 1.86. The fourth-order valence-electron chi connectivity index (χ4n) is 2.70. The van der Waals surface area contributed by atoms with Crippen molar-refractivity contribution in [2.75, 3.05) is 18.5 Å². The summed E-state index contributed by atoms with van der Waals surface area (Å²) >= 11 is 0. The number of hydrogen-bond donors (Lipinski definition) is 2. The summed E-state index contributed by atoms with van der Waals surface area (Å²) in [6.45, 7) is 2.70. The van der Waals surface area contributed by atoms with Gasteiger partial charge in [0.15, 0.2) is 5.78 Å². The Hall–Kier alpha value is -2.18. The van der Waals surface area contributed by atoms with Gasteiger partial charge in [0, 0.05) is 12.1 Å². The number of aliphatic hydroxyl groups excluding tert-OH is 1. The predicted octanol–water partition coefficient (Wildman–Crippen LogP) is 3.46. The summed E-state index contributed by atoms with van der Waals surface area (Å²) in [5, 5.41) is 12.1. The average molecular weight is 404 g/mol. The van der Waals surface area contributed by atoms with Crippen LogP contribution in [-0.2, 0) is 13.0 Å². The van der Waals surface area contributed by atoms with Crippen LogP contribution in [0.5, 0.6) is 0 Å². The van der Waals surface area contributed by atoms with Crippen molar-refractivity contribution in [3.8, 4) is 0 Å². The van der Waals surface area contributed by atoms with Gasteiger partial charge in [-0.15, -0.1) is 17.0 Å². The first-order valence-corrected chi connectivity index (χ1v) is 8.15. The molecule has 2 aromatic carbocycles. The molecule has 0 aliphatic heterocycles. The highest BCUT2D eigenvalue weighted by Gasteiger charge is 2.14. The van der Waals surface area contributed by atoms with Gasteiger partial charge < -0.3 is 15.0 Å². The normalized spacial score (nSPS) is 10.5. The van der Waals surface area contributed by atoms with Crippen molar-refractivity contribution in [3.63, 3.8) is 0 Å². The van der Waals surface area contributed by atoms with E-state index in [0.717, 1.165) is 17.5 Å². The Balaban J connectivity index is 0.00000225. The molecule has 0 atom stereocenters. The summed E-state index contributed by atoms with van der Waals surface area (Å²) in [5.74, 6) is 0.636. The summed E-state index contributed by atoms with van der Waals surface area (Å²) in [6, 6.07) is 15.4. The minimum absolute atomic E-state index is 0. The van der Waals surface area contributed by atoms with Gasteiger partial charge in [-0.25, -0.2) is 4.98 Å². The molecule has 3 rings (SSSR count). The van der Waals surface area contributed by atoms with E-state index in [4.69, 9.17) is 5.11 Å². The zero-order valence-electron chi connectivity index (χ0n) is 14.1. The lowest BCUT2D eigenvalue weighted by molar-refractivity contribution is 0.0974. The second-order valence-corrected chi connectivity index (χ2v) is 5.63. The molecule has 3 aromatic rings. The largest absolute Gasteiger partial charge is 0.395 e. The molecule has 1 heterocycles. The van der Waals surface area contributed by atoms with Crippen LogP contribution in [0.25, 0.3) is 11.0 Å². The molecule has 5 nitrogen and oxygen atoms in total. The van der Waals surface area contributed by atoms with Crippen LogP contribution < -0.4 is 5.32 Å². The average Bonchev–Trinajstić information content (AvgIpc) is 2.97. The summed E-state index contributed by atoms with van der Waals surface area (Å²) in [7, 11) is 0. The number of carbonyl (C=O) groups is 1. The number of para-hydroxylation sites is 2. The maximum atomic E-state index is 12.7. The van der Waals surface area contributed by atoms with E-state index in [2.05, 4.69) is 17.2 Å². The van der Waals surface area contributed by atoms with Crippen LogP contribution in [0.1, 0.15) is 22.8 Å². The molecule has 0 saturated heterocycles. The van der Waals surface area contributed by atoms with Gasteiger partial charge in [0.1, 0.15) is 0 Å². The van der Waals surface area contributed by atoms with E-state index < -0.39 is 0 Å².